The molecule has 5 heteroatoms. The summed E-state index contributed by atoms with van der Waals surface area (Å²) in [6, 6.07) is 12.8. The maximum absolute atomic E-state index is 13.5. The molecule has 4 nitrogen and oxygen atoms in total. The lowest BCUT2D eigenvalue weighted by Gasteiger charge is -2.33. The number of urea groups is 1. The summed E-state index contributed by atoms with van der Waals surface area (Å²) in [5.74, 6) is 0.323. The molecule has 1 aliphatic carbocycles. The monoisotopic (exact) mass is 433 g/mol. The second-order valence-corrected chi connectivity index (χ2v) is 10.3. The minimum atomic E-state index is 0.0237. The molecule has 31 heavy (non-hydrogen) atoms. The average Bonchev–Trinajstić information content (AvgIpc) is 3.34. The number of fused-ring (bicyclic) bond motifs is 5. The van der Waals surface area contributed by atoms with Crippen molar-refractivity contribution in [3.05, 3.63) is 75.4 Å². The van der Waals surface area contributed by atoms with Gasteiger partial charge in [0.05, 0.1) is 12.6 Å². The summed E-state index contributed by atoms with van der Waals surface area (Å²) in [7, 11) is 0. The fourth-order valence-electron chi connectivity index (χ4n) is 5.11. The fourth-order valence-corrected chi connectivity index (χ4v) is 6.51. The first kappa shape index (κ1) is 20.4. The highest BCUT2D eigenvalue weighted by molar-refractivity contribution is 7.15. The number of aromatic nitrogens is 1. The minimum Gasteiger partial charge on any atom is -0.334 e. The van der Waals surface area contributed by atoms with Crippen LogP contribution in [0.4, 0.5) is 4.79 Å². The maximum atomic E-state index is 13.5. The van der Waals surface area contributed by atoms with Crippen LogP contribution in [0.25, 0.3) is 5.00 Å². The van der Waals surface area contributed by atoms with Crippen LogP contribution in [-0.4, -0.2) is 15.5 Å². The first-order chi connectivity index (χ1) is 15.0. The molecular weight excluding hydrogens is 402 g/mol. The van der Waals surface area contributed by atoms with Gasteiger partial charge in [-0.3, -0.25) is 0 Å². The lowest BCUT2D eigenvalue weighted by molar-refractivity contribution is 0.149. The summed E-state index contributed by atoms with van der Waals surface area (Å²) in [4.78, 5) is 17.2. The molecule has 3 aromatic rings. The molecule has 0 saturated heterocycles. The Morgan fingerprint density at radius 2 is 1.90 bits per heavy atom. The lowest BCUT2D eigenvalue weighted by Crippen LogP contribution is -2.43. The van der Waals surface area contributed by atoms with Crippen molar-refractivity contribution in [1.82, 2.24) is 14.8 Å². The molecule has 1 atom stereocenters. The molecule has 1 N–H and O–H groups in total. The molecule has 162 valence electrons. The van der Waals surface area contributed by atoms with Crippen LogP contribution in [0.1, 0.15) is 65.6 Å². The minimum absolute atomic E-state index is 0.0237. The average molecular weight is 434 g/mol. The molecular formula is C26H31N3OS. The molecule has 1 aromatic carbocycles. The summed E-state index contributed by atoms with van der Waals surface area (Å²) in [6.07, 6.45) is 7.03. The van der Waals surface area contributed by atoms with Crippen molar-refractivity contribution in [2.24, 2.45) is 5.92 Å². The van der Waals surface area contributed by atoms with Gasteiger partial charge in [0.2, 0.25) is 0 Å². The van der Waals surface area contributed by atoms with Gasteiger partial charge in [0.25, 0.3) is 0 Å². The van der Waals surface area contributed by atoms with E-state index in [1.165, 1.54) is 51.5 Å². The number of benzene rings is 1. The Morgan fingerprint density at radius 1 is 1.13 bits per heavy atom. The summed E-state index contributed by atoms with van der Waals surface area (Å²) in [5, 5.41) is 4.53. The number of hydrogen-bond acceptors (Lipinski definition) is 2. The van der Waals surface area contributed by atoms with E-state index in [0.717, 1.165) is 12.0 Å². The molecule has 0 radical (unpaired) electrons. The van der Waals surface area contributed by atoms with Crippen LogP contribution in [0, 0.1) is 12.8 Å². The van der Waals surface area contributed by atoms with E-state index >= 15 is 0 Å². The fraction of sp³-hybridized carbons (Fsp3) is 0.423. The van der Waals surface area contributed by atoms with Crippen molar-refractivity contribution in [2.45, 2.75) is 65.6 Å². The van der Waals surface area contributed by atoms with Gasteiger partial charge in [-0.2, -0.15) is 0 Å². The van der Waals surface area contributed by atoms with Crippen LogP contribution in [-0.2, 0) is 25.9 Å². The summed E-state index contributed by atoms with van der Waals surface area (Å²) in [6.45, 7) is 7.76. The van der Waals surface area contributed by atoms with Gasteiger partial charge < -0.3 is 14.8 Å². The van der Waals surface area contributed by atoms with E-state index in [0.29, 0.717) is 19.0 Å². The molecule has 5 rings (SSSR count). The van der Waals surface area contributed by atoms with E-state index in [1.807, 2.05) is 11.3 Å². The van der Waals surface area contributed by atoms with E-state index in [4.69, 9.17) is 0 Å². The summed E-state index contributed by atoms with van der Waals surface area (Å²) >= 11 is 1.94. The Kier molecular flexibility index (Phi) is 5.39. The zero-order valence-corrected chi connectivity index (χ0v) is 19.5. The van der Waals surface area contributed by atoms with Crippen molar-refractivity contribution in [1.29, 1.82) is 0 Å². The van der Waals surface area contributed by atoms with E-state index in [9.17, 15) is 4.79 Å². The highest BCUT2D eigenvalue weighted by atomic mass is 32.1. The first-order valence-corrected chi connectivity index (χ1v) is 12.3. The van der Waals surface area contributed by atoms with Crippen molar-refractivity contribution < 1.29 is 4.79 Å². The maximum Gasteiger partial charge on any atom is 0.318 e. The number of rotatable bonds is 3. The Morgan fingerprint density at radius 3 is 2.68 bits per heavy atom. The molecule has 0 fully saturated rings. The van der Waals surface area contributed by atoms with Crippen LogP contribution in [0.3, 0.4) is 0 Å². The second kappa shape index (κ2) is 8.19. The number of hydrogen-bond donors (Lipinski definition) is 1. The number of nitrogens with zero attached hydrogens (tertiary/aromatic N) is 2. The number of thiophene rings is 1. The lowest BCUT2D eigenvalue weighted by atomic mass is 9.94. The van der Waals surface area contributed by atoms with Crippen molar-refractivity contribution in [2.75, 3.05) is 0 Å². The van der Waals surface area contributed by atoms with Crippen LogP contribution < -0.4 is 5.32 Å². The Hall–Kier alpha value is -2.53. The highest BCUT2D eigenvalue weighted by Gasteiger charge is 2.36. The number of carbonyl (C=O) groups is 1. The van der Waals surface area contributed by atoms with Gasteiger partial charge in [0.1, 0.15) is 5.00 Å². The topological polar surface area (TPSA) is 37.3 Å². The third kappa shape index (κ3) is 3.69. The van der Waals surface area contributed by atoms with Crippen LogP contribution >= 0.6 is 11.3 Å². The van der Waals surface area contributed by atoms with Gasteiger partial charge in [-0.05, 0) is 61.8 Å². The largest absolute Gasteiger partial charge is 0.334 e. The zero-order valence-electron chi connectivity index (χ0n) is 18.6. The molecule has 1 aliphatic heterocycles. The molecule has 0 saturated carbocycles. The first-order valence-electron chi connectivity index (χ1n) is 11.4. The predicted octanol–water partition coefficient (Wildman–Crippen LogP) is 6.15. The van der Waals surface area contributed by atoms with Crippen molar-refractivity contribution in [3.8, 4) is 5.00 Å². The Labute approximate surface area is 188 Å². The van der Waals surface area contributed by atoms with E-state index in [-0.39, 0.29) is 12.1 Å². The smallest absolute Gasteiger partial charge is 0.318 e. The number of carbonyl (C=O) groups excluding carboxylic acids is 1. The van der Waals surface area contributed by atoms with Gasteiger partial charge in [-0.25, -0.2) is 4.79 Å². The molecule has 2 amide bonds. The predicted molar refractivity (Wildman–Crippen MR) is 127 cm³/mol. The molecule has 3 heterocycles. The second-order valence-electron chi connectivity index (χ2n) is 9.26. The standard InChI is InChI=1S/C26H31N3OS/c1-17(2)24-22-8-6-14-28(22)25-21(20-7-4-5-9-23(20)31-25)16-29(24)26(30)27-15-19-12-10-18(3)11-13-19/h6,8,10-14,17,24H,4-5,7,9,15-16H2,1-3H3,(H,27,30). The Bertz CT molecular complexity index is 1090. The normalized spacial score (nSPS) is 17.7. The van der Waals surface area contributed by atoms with E-state index in [1.54, 1.807) is 0 Å². The van der Waals surface area contributed by atoms with Gasteiger partial charge in [0, 0.05) is 28.9 Å². The van der Waals surface area contributed by atoms with Crippen molar-refractivity contribution in [3.63, 3.8) is 0 Å². The zero-order chi connectivity index (χ0) is 21.5. The number of aryl methyl sites for hydroxylation is 2. The van der Waals surface area contributed by atoms with E-state index in [2.05, 4.69) is 78.2 Å². The van der Waals surface area contributed by atoms with Crippen molar-refractivity contribution >= 4 is 17.4 Å². The highest BCUT2D eigenvalue weighted by Crippen LogP contribution is 2.43. The number of nitrogens with one attached hydrogen (secondary N) is 1. The van der Waals surface area contributed by atoms with Gasteiger partial charge in [-0.1, -0.05) is 43.7 Å². The molecule has 0 bridgehead atoms. The SMILES string of the molecule is Cc1ccc(CNC(=O)N2Cc3c(sc4c3CCCC4)-n3cccc3C2C(C)C)cc1. The third-order valence-corrected chi connectivity index (χ3v) is 8.02. The summed E-state index contributed by atoms with van der Waals surface area (Å²) < 4.78 is 2.36. The van der Waals surface area contributed by atoms with Gasteiger partial charge >= 0.3 is 6.03 Å². The molecule has 2 aromatic heterocycles. The van der Waals surface area contributed by atoms with Gasteiger partial charge in [0.15, 0.2) is 0 Å². The molecule has 2 aliphatic rings. The number of amides is 2. The van der Waals surface area contributed by atoms with Crippen LogP contribution in [0.2, 0.25) is 0 Å². The third-order valence-electron chi connectivity index (χ3n) is 6.68. The Balaban J connectivity index is 1.50. The molecule has 1 unspecified atom stereocenters. The van der Waals surface area contributed by atoms with Gasteiger partial charge in [-0.15, -0.1) is 11.3 Å². The van der Waals surface area contributed by atoms with E-state index < -0.39 is 0 Å². The van der Waals surface area contributed by atoms with Crippen LogP contribution in [0.5, 0.6) is 0 Å². The molecule has 0 spiro atoms. The van der Waals surface area contributed by atoms with Crippen LogP contribution in [0.15, 0.2) is 42.6 Å². The quantitative estimate of drug-likeness (QED) is 0.529. The summed E-state index contributed by atoms with van der Waals surface area (Å²) in [5.41, 5.74) is 6.46.